The van der Waals surface area contributed by atoms with E-state index in [4.69, 9.17) is 10.00 Å². The second-order valence-corrected chi connectivity index (χ2v) is 4.66. The van der Waals surface area contributed by atoms with Gasteiger partial charge in [0.1, 0.15) is 6.10 Å². The van der Waals surface area contributed by atoms with E-state index in [1.165, 1.54) is 6.92 Å². The smallest absolute Gasteiger partial charge is 0.319 e. The number of hydrogen-bond acceptors (Lipinski definition) is 6. The summed E-state index contributed by atoms with van der Waals surface area (Å²) in [4.78, 5) is 8.31. The van der Waals surface area contributed by atoms with E-state index in [0.29, 0.717) is 0 Å². The van der Waals surface area contributed by atoms with Gasteiger partial charge in [-0.05, 0) is 6.92 Å². The van der Waals surface area contributed by atoms with Gasteiger partial charge in [0, 0.05) is 0 Å². The van der Waals surface area contributed by atoms with Crippen molar-refractivity contribution in [1.82, 2.24) is 0 Å². The summed E-state index contributed by atoms with van der Waals surface area (Å²) in [6, 6.07) is 0. The van der Waals surface area contributed by atoms with E-state index in [1.807, 2.05) is 0 Å². The summed E-state index contributed by atoms with van der Waals surface area (Å²) in [6.45, 7) is 1.17. The third-order valence-electron chi connectivity index (χ3n) is 0.880. The Kier molecular flexibility index (Phi) is 5.05. The Balaban J connectivity index is 4.36. The van der Waals surface area contributed by atoms with Crippen LogP contribution in [-0.4, -0.2) is 37.1 Å². The second kappa shape index (κ2) is 5.04. The fourth-order valence-corrected chi connectivity index (χ4v) is 1.53. The Labute approximate surface area is 76.4 Å². The lowest BCUT2D eigenvalue weighted by Crippen LogP contribution is -2.29. The van der Waals surface area contributed by atoms with Gasteiger partial charge in [-0.2, -0.15) is 8.42 Å². The minimum absolute atomic E-state index is 0.736. The maximum Gasteiger partial charge on any atom is 0.319 e. The van der Waals surface area contributed by atoms with Gasteiger partial charge in [0.25, 0.3) is 10.1 Å². The summed E-state index contributed by atoms with van der Waals surface area (Å²) in [5.41, 5.74) is 0. The molecular weight excluding hydrogens is 223 g/mol. The molecule has 0 radical (unpaired) electrons. The van der Waals surface area contributed by atoms with E-state index in [1.54, 1.807) is 0 Å². The minimum atomic E-state index is -3.83. The predicted molar refractivity (Wildman–Crippen MR) is 43.7 cm³/mol. The van der Waals surface area contributed by atoms with Crippen LogP contribution in [0.5, 0.6) is 0 Å². The van der Waals surface area contributed by atoms with Crippen molar-refractivity contribution in [2.75, 3.05) is 6.26 Å². The SMILES string of the molecule is C[C@H](O)[C@@H](O[PH](=O)O)OS(C)(=O)=O. The zero-order valence-electron chi connectivity index (χ0n) is 7.00. The maximum absolute atomic E-state index is 10.5. The molecule has 80 valence electrons. The minimum Gasteiger partial charge on any atom is -0.388 e. The molecule has 0 saturated carbocycles. The highest BCUT2D eigenvalue weighted by atomic mass is 32.2. The van der Waals surface area contributed by atoms with Gasteiger partial charge in [-0.1, -0.05) is 0 Å². The van der Waals surface area contributed by atoms with E-state index in [0.717, 1.165) is 6.26 Å². The first-order valence-corrected chi connectivity index (χ1v) is 6.26. The quantitative estimate of drug-likeness (QED) is 0.359. The van der Waals surface area contributed by atoms with Crippen LogP contribution in [0.3, 0.4) is 0 Å². The molecule has 0 aliphatic heterocycles. The Morgan fingerprint density at radius 2 is 1.92 bits per heavy atom. The molecule has 0 fully saturated rings. The Hall–Kier alpha value is 0.0200. The highest BCUT2D eigenvalue weighted by Crippen LogP contribution is 2.21. The summed E-state index contributed by atoms with van der Waals surface area (Å²) in [5.74, 6) is 0. The lowest BCUT2D eigenvalue weighted by Gasteiger charge is -2.17. The monoisotopic (exact) mass is 234 g/mol. The molecule has 0 aromatic heterocycles. The highest BCUT2D eigenvalue weighted by Gasteiger charge is 2.23. The molecule has 13 heavy (non-hydrogen) atoms. The van der Waals surface area contributed by atoms with Crippen LogP contribution in [0.1, 0.15) is 6.92 Å². The third-order valence-corrected chi connectivity index (χ3v) is 1.85. The van der Waals surface area contributed by atoms with Gasteiger partial charge in [0.05, 0.1) is 6.26 Å². The standard InChI is InChI=1S/C4H11O7PS/c1-3(5)4(10-12(6)7)11-13(2,8)9/h3-5,12H,1-2H3,(H,6,7)/t3-,4-/m0/s1. The lowest BCUT2D eigenvalue weighted by atomic mass is 10.4. The summed E-state index contributed by atoms with van der Waals surface area (Å²) in [5, 5.41) is 8.88. The maximum atomic E-state index is 10.5. The average molecular weight is 234 g/mol. The molecule has 0 bridgehead atoms. The largest absolute Gasteiger partial charge is 0.388 e. The van der Waals surface area contributed by atoms with Gasteiger partial charge < -0.3 is 10.00 Å². The fraction of sp³-hybridized carbons (Fsp3) is 1.00. The van der Waals surface area contributed by atoms with Crippen molar-refractivity contribution in [2.24, 2.45) is 0 Å². The molecule has 0 aliphatic rings. The third kappa shape index (κ3) is 7.12. The number of hydrogen-bond donors (Lipinski definition) is 2. The van der Waals surface area contributed by atoms with Gasteiger partial charge in [-0.25, -0.2) is 4.18 Å². The first-order valence-electron chi connectivity index (χ1n) is 3.18. The summed E-state index contributed by atoms with van der Waals surface area (Å²) >= 11 is 0. The van der Waals surface area contributed by atoms with Crippen LogP contribution >= 0.6 is 8.25 Å². The van der Waals surface area contributed by atoms with E-state index >= 15 is 0 Å². The van der Waals surface area contributed by atoms with Crippen LogP contribution in [0.4, 0.5) is 0 Å². The van der Waals surface area contributed by atoms with E-state index in [2.05, 4.69) is 8.71 Å². The van der Waals surface area contributed by atoms with Crippen molar-refractivity contribution >= 4 is 18.4 Å². The van der Waals surface area contributed by atoms with Crippen molar-refractivity contribution in [3.8, 4) is 0 Å². The Morgan fingerprint density at radius 3 is 2.15 bits per heavy atom. The highest BCUT2D eigenvalue weighted by molar-refractivity contribution is 7.86. The Morgan fingerprint density at radius 1 is 1.46 bits per heavy atom. The molecule has 0 heterocycles. The van der Waals surface area contributed by atoms with Gasteiger partial charge in [0.2, 0.25) is 6.29 Å². The van der Waals surface area contributed by atoms with Gasteiger partial charge in [0.15, 0.2) is 0 Å². The molecule has 0 aromatic rings. The first kappa shape index (κ1) is 13.0. The van der Waals surface area contributed by atoms with Crippen LogP contribution < -0.4 is 0 Å². The van der Waals surface area contributed by atoms with E-state index in [-0.39, 0.29) is 0 Å². The molecule has 3 atom stereocenters. The van der Waals surface area contributed by atoms with Gasteiger partial charge in [-0.3, -0.25) is 9.09 Å². The molecule has 9 heteroatoms. The Bertz CT molecular complexity index is 270. The van der Waals surface area contributed by atoms with Crippen LogP contribution in [-0.2, 0) is 23.4 Å². The van der Waals surface area contributed by atoms with Crippen LogP contribution in [0.15, 0.2) is 0 Å². The zero-order chi connectivity index (χ0) is 10.6. The molecule has 7 nitrogen and oxygen atoms in total. The molecule has 0 rings (SSSR count). The molecule has 2 N–H and O–H groups in total. The van der Waals surface area contributed by atoms with Crippen molar-refractivity contribution in [3.63, 3.8) is 0 Å². The van der Waals surface area contributed by atoms with Gasteiger partial charge in [-0.15, -0.1) is 0 Å². The molecule has 0 aliphatic carbocycles. The summed E-state index contributed by atoms with van der Waals surface area (Å²) in [6.07, 6.45) is -2.23. The van der Waals surface area contributed by atoms with Crippen LogP contribution in [0.2, 0.25) is 0 Å². The normalized spacial score (nSPS) is 19.4. The summed E-state index contributed by atoms with van der Waals surface area (Å²) < 4.78 is 39.6. The zero-order valence-corrected chi connectivity index (χ0v) is 8.82. The van der Waals surface area contributed by atoms with Crippen molar-refractivity contribution in [3.05, 3.63) is 0 Å². The molecule has 1 unspecified atom stereocenters. The molecule has 0 saturated heterocycles. The fourth-order valence-electron chi connectivity index (χ4n) is 0.470. The summed E-state index contributed by atoms with van der Waals surface area (Å²) in [7, 11) is -7.18. The van der Waals surface area contributed by atoms with Crippen molar-refractivity contribution in [1.29, 1.82) is 0 Å². The lowest BCUT2D eigenvalue weighted by molar-refractivity contribution is -0.0743. The number of rotatable bonds is 5. The van der Waals surface area contributed by atoms with E-state index < -0.39 is 30.8 Å². The van der Waals surface area contributed by atoms with Gasteiger partial charge >= 0.3 is 8.25 Å². The van der Waals surface area contributed by atoms with Crippen LogP contribution in [0, 0.1) is 0 Å². The topological polar surface area (TPSA) is 110 Å². The van der Waals surface area contributed by atoms with Crippen molar-refractivity contribution < 1.29 is 31.7 Å². The average Bonchev–Trinajstić information content (AvgIpc) is 1.81. The molecule has 0 amide bonds. The van der Waals surface area contributed by atoms with Crippen molar-refractivity contribution in [2.45, 2.75) is 19.3 Å². The first-order chi connectivity index (χ1) is 5.72. The van der Waals surface area contributed by atoms with E-state index in [9.17, 15) is 13.0 Å². The predicted octanol–water partition coefficient (Wildman–Crippen LogP) is -0.932. The van der Waals surface area contributed by atoms with Crippen LogP contribution in [0.25, 0.3) is 0 Å². The number of aliphatic hydroxyl groups is 1. The second-order valence-electron chi connectivity index (χ2n) is 2.29. The molecular formula is C4H11O7PS. The molecule has 0 aromatic carbocycles. The number of aliphatic hydroxyl groups excluding tert-OH is 1. The molecule has 0 spiro atoms.